The molecule has 0 saturated carbocycles. The first-order chi connectivity index (χ1) is 7.65. The molecule has 0 spiro atoms. The first-order valence-corrected chi connectivity index (χ1v) is 6.96. The van der Waals surface area contributed by atoms with E-state index in [1.807, 2.05) is 27.7 Å². The largest absolute Gasteiger partial charge is 0.130 e. The van der Waals surface area contributed by atoms with Gasteiger partial charge in [0.2, 0.25) is 0 Å². The fourth-order valence-electron chi connectivity index (χ4n) is 0.393. The van der Waals surface area contributed by atoms with Crippen LogP contribution in [0, 0.1) is 0 Å². The second kappa shape index (κ2) is 36.5. The van der Waals surface area contributed by atoms with Gasteiger partial charge in [-0.3, -0.25) is 0 Å². The summed E-state index contributed by atoms with van der Waals surface area (Å²) in [7, 11) is 0. The zero-order valence-corrected chi connectivity index (χ0v) is 13.3. The van der Waals surface area contributed by atoms with Gasteiger partial charge in [-0.1, -0.05) is 92.7 Å². The van der Waals surface area contributed by atoms with Gasteiger partial charge < -0.3 is 0 Å². The van der Waals surface area contributed by atoms with Gasteiger partial charge >= 0.3 is 0 Å². The molecular formula is C15H35B. The van der Waals surface area contributed by atoms with E-state index in [9.17, 15) is 0 Å². The van der Waals surface area contributed by atoms with E-state index in [-0.39, 0.29) is 0 Å². The van der Waals surface area contributed by atoms with Gasteiger partial charge in [0.15, 0.2) is 0 Å². The molecule has 0 heterocycles. The molecule has 16 heavy (non-hydrogen) atoms. The fourth-order valence-corrected chi connectivity index (χ4v) is 0.393. The number of hydrogen-bond acceptors (Lipinski definition) is 0. The summed E-state index contributed by atoms with van der Waals surface area (Å²) in [5.74, 6) is 0. The van der Waals surface area contributed by atoms with Gasteiger partial charge in [-0.2, -0.15) is 0 Å². The van der Waals surface area contributed by atoms with Crippen LogP contribution in [-0.4, -0.2) is 6.71 Å². The molecular weight excluding hydrogens is 191 g/mol. The fraction of sp³-hybridized carbons (Fsp3) is 0.733. The molecule has 0 amide bonds. The maximum absolute atomic E-state index is 2.17. The minimum Gasteiger partial charge on any atom is -0.0865 e. The SMILES string of the molecule is C1=CCC=C1.CB(C)C.CC.CC.CCC. The molecule has 0 nitrogen and oxygen atoms in total. The molecule has 0 aliphatic heterocycles. The summed E-state index contributed by atoms with van der Waals surface area (Å²) >= 11 is 0. The highest BCUT2D eigenvalue weighted by Gasteiger charge is 1.76. The predicted molar refractivity (Wildman–Crippen MR) is 84.9 cm³/mol. The van der Waals surface area contributed by atoms with Crippen molar-refractivity contribution in [1.82, 2.24) is 0 Å². The average molecular weight is 226 g/mol. The second-order valence-corrected chi connectivity index (χ2v) is 3.53. The Labute approximate surface area is 106 Å². The van der Waals surface area contributed by atoms with Gasteiger partial charge in [-0.15, -0.1) is 0 Å². The quantitative estimate of drug-likeness (QED) is 0.422. The summed E-state index contributed by atoms with van der Waals surface area (Å²) in [5.41, 5.74) is 0. The van der Waals surface area contributed by atoms with E-state index in [0.29, 0.717) is 0 Å². The lowest BCUT2D eigenvalue weighted by molar-refractivity contribution is 1.09. The second-order valence-electron chi connectivity index (χ2n) is 3.53. The number of rotatable bonds is 0. The van der Waals surface area contributed by atoms with Crippen molar-refractivity contribution in [3.8, 4) is 0 Å². The zero-order chi connectivity index (χ0) is 13.8. The molecule has 0 aromatic rings. The van der Waals surface area contributed by atoms with Crippen molar-refractivity contribution in [3.63, 3.8) is 0 Å². The van der Waals surface area contributed by atoms with Crippen LogP contribution in [0.3, 0.4) is 0 Å². The molecule has 0 fully saturated rings. The minimum atomic E-state index is 0.833. The molecule has 1 aliphatic rings. The molecule has 0 N–H and O–H groups in total. The van der Waals surface area contributed by atoms with Crippen LogP contribution in [0.25, 0.3) is 0 Å². The minimum absolute atomic E-state index is 0.833. The molecule has 1 heteroatoms. The molecule has 0 radical (unpaired) electrons. The van der Waals surface area contributed by atoms with Crippen LogP contribution in [0.2, 0.25) is 20.5 Å². The molecule has 0 aromatic heterocycles. The van der Waals surface area contributed by atoms with E-state index in [0.717, 1.165) is 13.1 Å². The monoisotopic (exact) mass is 226 g/mol. The van der Waals surface area contributed by atoms with E-state index in [4.69, 9.17) is 0 Å². The van der Waals surface area contributed by atoms with Crippen LogP contribution >= 0.6 is 0 Å². The molecule has 0 atom stereocenters. The number of hydrogen-bond donors (Lipinski definition) is 0. The lowest BCUT2D eigenvalue weighted by atomic mass is 9.58. The normalized spacial score (nSPS) is 9.06. The Hall–Kier alpha value is -0.455. The van der Waals surface area contributed by atoms with Gasteiger partial charge in [-0.05, 0) is 6.42 Å². The van der Waals surface area contributed by atoms with Gasteiger partial charge in [0, 0.05) is 0 Å². The Bertz CT molecular complexity index is 99.8. The van der Waals surface area contributed by atoms with E-state index in [1.165, 1.54) is 6.42 Å². The Balaban J connectivity index is -0.0000000601. The van der Waals surface area contributed by atoms with Crippen molar-refractivity contribution in [3.05, 3.63) is 24.3 Å². The van der Waals surface area contributed by atoms with Crippen LogP contribution in [0.15, 0.2) is 24.3 Å². The summed E-state index contributed by atoms with van der Waals surface area (Å²) in [6, 6.07) is 0. The topological polar surface area (TPSA) is 0 Å². The summed E-state index contributed by atoms with van der Waals surface area (Å²) in [5, 5.41) is 0. The Morgan fingerprint density at radius 1 is 0.812 bits per heavy atom. The third-order valence-electron chi connectivity index (χ3n) is 0.655. The maximum atomic E-state index is 2.17. The molecule has 1 rings (SSSR count). The van der Waals surface area contributed by atoms with E-state index >= 15 is 0 Å². The van der Waals surface area contributed by atoms with Crippen LogP contribution in [-0.2, 0) is 0 Å². The lowest BCUT2D eigenvalue weighted by Crippen LogP contribution is -1.84. The van der Waals surface area contributed by atoms with E-state index in [2.05, 4.69) is 58.6 Å². The smallest absolute Gasteiger partial charge is 0.0865 e. The Kier molecular flexibility index (Phi) is 56.4. The standard InChI is InChI=1S/C5H6.C3H9B.C3H8.2C2H6/c1-2-4-5-3-1;1-4(2)3;1-3-2;2*1-2/h1-4H,5H2;1-3H3;3H2,1-2H3;2*1-2H3. The van der Waals surface area contributed by atoms with Crippen LogP contribution in [0.1, 0.15) is 54.4 Å². The summed E-state index contributed by atoms with van der Waals surface area (Å²) < 4.78 is 0. The van der Waals surface area contributed by atoms with Crippen LogP contribution in [0.5, 0.6) is 0 Å². The summed E-state index contributed by atoms with van der Waals surface area (Å²) in [6.45, 7) is 19.6. The highest BCUT2D eigenvalue weighted by Crippen LogP contribution is 1.93. The average Bonchev–Trinajstić information content (AvgIpc) is 2.81. The van der Waals surface area contributed by atoms with Crippen LogP contribution < -0.4 is 0 Å². The predicted octanol–water partition coefficient (Wildman–Crippen LogP) is 6.34. The zero-order valence-electron chi connectivity index (χ0n) is 13.3. The highest BCUT2D eigenvalue weighted by atomic mass is 13.8. The van der Waals surface area contributed by atoms with E-state index < -0.39 is 0 Å². The maximum Gasteiger partial charge on any atom is 0.130 e. The van der Waals surface area contributed by atoms with Crippen molar-refractivity contribution >= 4 is 6.71 Å². The molecule has 0 bridgehead atoms. The molecule has 98 valence electrons. The van der Waals surface area contributed by atoms with Crippen molar-refractivity contribution in [2.24, 2.45) is 0 Å². The first kappa shape index (κ1) is 24.7. The first-order valence-electron chi connectivity index (χ1n) is 6.96. The third-order valence-corrected chi connectivity index (χ3v) is 0.655. The van der Waals surface area contributed by atoms with Crippen molar-refractivity contribution in [2.45, 2.75) is 74.9 Å². The lowest BCUT2D eigenvalue weighted by Gasteiger charge is -1.71. The van der Waals surface area contributed by atoms with Crippen molar-refractivity contribution in [1.29, 1.82) is 0 Å². The molecule has 0 unspecified atom stereocenters. The highest BCUT2D eigenvalue weighted by molar-refractivity contribution is 6.54. The third kappa shape index (κ3) is 103. The van der Waals surface area contributed by atoms with Gasteiger partial charge in [-0.25, -0.2) is 0 Å². The van der Waals surface area contributed by atoms with Gasteiger partial charge in [0.05, 0.1) is 0 Å². The van der Waals surface area contributed by atoms with Crippen molar-refractivity contribution in [2.75, 3.05) is 0 Å². The molecule has 0 saturated heterocycles. The summed E-state index contributed by atoms with van der Waals surface area (Å²) in [6.07, 6.45) is 10.8. The van der Waals surface area contributed by atoms with Crippen LogP contribution in [0.4, 0.5) is 0 Å². The number of allylic oxidation sites excluding steroid dienone is 4. The Morgan fingerprint density at radius 3 is 1.06 bits per heavy atom. The summed E-state index contributed by atoms with van der Waals surface area (Å²) in [4.78, 5) is 0. The molecule has 1 aliphatic carbocycles. The van der Waals surface area contributed by atoms with Crippen molar-refractivity contribution < 1.29 is 0 Å². The molecule has 0 aromatic carbocycles. The van der Waals surface area contributed by atoms with E-state index in [1.54, 1.807) is 0 Å². The van der Waals surface area contributed by atoms with Gasteiger partial charge in [0.1, 0.15) is 6.71 Å². The Morgan fingerprint density at radius 2 is 1.00 bits per heavy atom. The van der Waals surface area contributed by atoms with Gasteiger partial charge in [0.25, 0.3) is 0 Å².